The highest BCUT2D eigenvalue weighted by molar-refractivity contribution is 7.15. The van der Waals surface area contributed by atoms with Crippen LogP contribution in [0.15, 0.2) is 12.1 Å². The highest BCUT2D eigenvalue weighted by Crippen LogP contribution is 2.48. The molecule has 1 saturated heterocycles. The van der Waals surface area contributed by atoms with Crippen LogP contribution in [0.25, 0.3) is 5.57 Å². The zero-order valence-electron chi connectivity index (χ0n) is 22.5. The number of thiophene rings is 1. The number of amides is 2. The molecular formula is C30H42N2O4S. The van der Waals surface area contributed by atoms with E-state index in [2.05, 4.69) is 13.0 Å². The summed E-state index contributed by atoms with van der Waals surface area (Å²) >= 11 is 1.34. The lowest BCUT2D eigenvalue weighted by molar-refractivity contribution is -0.128. The van der Waals surface area contributed by atoms with Crippen molar-refractivity contribution in [1.29, 1.82) is 0 Å². The number of aromatic carboxylic acids is 1. The summed E-state index contributed by atoms with van der Waals surface area (Å²) in [6.45, 7) is 5.87. The van der Waals surface area contributed by atoms with Crippen molar-refractivity contribution in [1.82, 2.24) is 4.90 Å². The van der Waals surface area contributed by atoms with Crippen LogP contribution in [-0.2, 0) is 9.59 Å². The Kier molecular flexibility index (Phi) is 7.80. The molecule has 0 radical (unpaired) electrons. The summed E-state index contributed by atoms with van der Waals surface area (Å²) in [6.07, 6.45) is 14.5. The number of carboxylic acid groups (broad SMARTS) is 1. The second-order valence-corrected chi connectivity index (χ2v) is 13.1. The normalized spacial score (nSPS) is 30.4. The Morgan fingerprint density at radius 3 is 2.46 bits per heavy atom. The van der Waals surface area contributed by atoms with E-state index in [4.69, 9.17) is 0 Å². The van der Waals surface area contributed by atoms with E-state index < -0.39 is 5.97 Å². The molecule has 202 valence electrons. The Labute approximate surface area is 225 Å². The van der Waals surface area contributed by atoms with Crippen molar-refractivity contribution >= 4 is 40.4 Å². The lowest BCUT2D eigenvalue weighted by Crippen LogP contribution is -2.48. The van der Waals surface area contributed by atoms with E-state index in [-0.39, 0.29) is 29.2 Å². The number of allylic oxidation sites excluding steroid dienone is 2. The molecule has 2 saturated carbocycles. The van der Waals surface area contributed by atoms with Crippen molar-refractivity contribution in [2.45, 2.75) is 103 Å². The van der Waals surface area contributed by atoms with Gasteiger partial charge in [-0.15, -0.1) is 11.3 Å². The zero-order valence-corrected chi connectivity index (χ0v) is 23.3. The van der Waals surface area contributed by atoms with Gasteiger partial charge >= 0.3 is 5.97 Å². The monoisotopic (exact) mass is 526 g/mol. The second-order valence-electron chi connectivity index (χ2n) is 12.1. The van der Waals surface area contributed by atoms with Crippen molar-refractivity contribution in [3.05, 3.63) is 21.9 Å². The highest BCUT2D eigenvalue weighted by atomic mass is 32.1. The van der Waals surface area contributed by atoms with E-state index >= 15 is 0 Å². The van der Waals surface area contributed by atoms with Crippen LogP contribution in [0.4, 0.5) is 5.69 Å². The quantitative estimate of drug-likeness (QED) is 0.445. The Bertz CT molecular complexity index is 1060. The summed E-state index contributed by atoms with van der Waals surface area (Å²) in [7, 11) is 0. The maximum Gasteiger partial charge on any atom is 0.348 e. The Balaban J connectivity index is 1.45. The number of carbonyl (C=O) groups excluding carboxylic acids is 2. The predicted molar refractivity (Wildman–Crippen MR) is 148 cm³/mol. The number of rotatable bonds is 6. The van der Waals surface area contributed by atoms with Crippen molar-refractivity contribution in [3.63, 3.8) is 0 Å². The second kappa shape index (κ2) is 10.9. The molecule has 6 nitrogen and oxygen atoms in total. The van der Waals surface area contributed by atoms with Crippen LogP contribution >= 0.6 is 11.3 Å². The molecule has 1 N–H and O–H groups in total. The third-order valence-corrected chi connectivity index (χ3v) is 10.7. The number of hydrogen-bond acceptors (Lipinski definition) is 4. The van der Waals surface area contributed by atoms with Gasteiger partial charge in [-0.05, 0) is 107 Å². The first-order chi connectivity index (χ1) is 17.8. The molecule has 3 aliphatic carbocycles. The predicted octanol–water partition coefficient (Wildman–Crippen LogP) is 6.74. The molecule has 37 heavy (non-hydrogen) atoms. The number of carbonyl (C=O) groups is 3. The van der Waals surface area contributed by atoms with E-state index in [9.17, 15) is 19.5 Å². The fraction of sp³-hybridized carbons (Fsp3) is 0.700. The number of likely N-dealkylation sites (tertiary alicyclic amines) is 1. The lowest BCUT2D eigenvalue weighted by atomic mass is 9.71. The number of hydrogen-bond donors (Lipinski definition) is 1. The average Bonchev–Trinajstić information content (AvgIpc) is 3.48. The number of carboxylic acids is 1. The fourth-order valence-corrected chi connectivity index (χ4v) is 8.27. The van der Waals surface area contributed by atoms with Gasteiger partial charge in [-0.3, -0.25) is 9.59 Å². The van der Waals surface area contributed by atoms with Crippen LogP contribution in [0, 0.1) is 17.3 Å². The van der Waals surface area contributed by atoms with E-state index in [1.54, 1.807) is 0 Å². The van der Waals surface area contributed by atoms with E-state index in [0.717, 1.165) is 88.6 Å². The van der Waals surface area contributed by atoms with Gasteiger partial charge in [-0.2, -0.15) is 0 Å². The van der Waals surface area contributed by atoms with E-state index in [1.165, 1.54) is 23.3 Å². The molecule has 1 aliphatic heterocycles. The van der Waals surface area contributed by atoms with Gasteiger partial charge in [0.1, 0.15) is 4.88 Å². The summed E-state index contributed by atoms with van der Waals surface area (Å²) in [6, 6.07) is 2.00. The molecular weight excluding hydrogens is 484 g/mol. The molecule has 1 aromatic heterocycles. The Hall–Kier alpha value is -2.15. The molecule has 4 aliphatic rings. The topological polar surface area (TPSA) is 77.9 Å². The lowest BCUT2D eigenvalue weighted by Gasteiger charge is -2.42. The van der Waals surface area contributed by atoms with Crippen LogP contribution in [0.3, 0.4) is 0 Å². The summed E-state index contributed by atoms with van der Waals surface area (Å²) in [5.41, 5.74) is 1.86. The van der Waals surface area contributed by atoms with Gasteiger partial charge in [0.05, 0.1) is 5.69 Å². The molecule has 5 rings (SSSR count). The van der Waals surface area contributed by atoms with Crippen LogP contribution in [0.5, 0.6) is 0 Å². The average molecular weight is 527 g/mol. The van der Waals surface area contributed by atoms with E-state index in [1.807, 2.05) is 22.8 Å². The molecule has 3 fully saturated rings. The molecule has 2 amide bonds. The minimum atomic E-state index is -0.940. The summed E-state index contributed by atoms with van der Waals surface area (Å²) in [5, 5.41) is 10.2. The van der Waals surface area contributed by atoms with Gasteiger partial charge in [0, 0.05) is 36.3 Å². The molecule has 2 heterocycles. The third-order valence-electron chi connectivity index (χ3n) is 9.54. The Morgan fingerprint density at radius 1 is 1.14 bits per heavy atom. The van der Waals surface area contributed by atoms with Gasteiger partial charge in [0.15, 0.2) is 0 Å². The van der Waals surface area contributed by atoms with Gasteiger partial charge in [0.2, 0.25) is 11.8 Å². The molecule has 0 unspecified atom stereocenters. The van der Waals surface area contributed by atoms with Gasteiger partial charge in [-0.25, -0.2) is 4.79 Å². The molecule has 0 bridgehead atoms. The first-order valence-electron chi connectivity index (χ1n) is 14.5. The molecule has 1 spiro atoms. The third kappa shape index (κ3) is 5.39. The molecule has 1 aromatic rings. The molecule has 7 heteroatoms. The van der Waals surface area contributed by atoms with Gasteiger partial charge < -0.3 is 14.9 Å². The maximum absolute atomic E-state index is 14.2. The van der Waals surface area contributed by atoms with Crippen LogP contribution in [0.2, 0.25) is 0 Å². The minimum Gasteiger partial charge on any atom is -0.477 e. The number of nitrogens with zero attached hydrogens (tertiary/aromatic N) is 2. The first kappa shape index (κ1) is 26.5. The fourth-order valence-electron chi connectivity index (χ4n) is 7.21. The highest BCUT2D eigenvalue weighted by Gasteiger charge is 2.47. The number of anilines is 1. The van der Waals surface area contributed by atoms with Crippen molar-refractivity contribution in [3.8, 4) is 0 Å². The summed E-state index contributed by atoms with van der Waals surface area (Å²) in [5.74, 6) is 0.0465. The first-order valence-corrected chi connectivity index (χ1v) is 15.3. The SMILES string of the molecule is CCN1C[C@]2(CC[C@@H](N(c3cc(C4=CCCCC4)sc3C(=O)O)C(=O)[C@H]3CC[C@H](C)CC3)CC2)CC1=O. The summed E-state index contributed by atoms with van der Waals surface area (Å²) < 4.78 is 0. The van der Waals surface area contributed by atoms with Gasteiger partial charge in [-0.1, -0.05) is 13.0 Å². The smallest absolute Gasteiger partial charge is 0.348 e. The zero-order chi connectivity index (χ0) is 26.2. The van der Waals surface area contributed by atoms with Crippen molar-refractivity contribution in [2.75, 3.05) is 18.0 Å². The summed E-state index contributed by atoms with van der Waals surface area (Å²) in [4.78, 5) is 44.4. The largest absolute Gasteiger partial charge is 0.477 e. The van der Waals surface area contributed by atoms with Crippen LogP contribution in [-0.4, -0.2) is 46.9 Å². The van der Waals surface area contributed by atoms with Crippen LogP contribution < -0.4 is 4.90 Å². The Morgan fingerprint density at radius 2 is 1.86 bits per heavy atom. The molecule has 0 atom stereocenters. The minimum absolute atomic E-state index is 0.0101. The van der Waals surface area contributed by atoms with Gasteiger partial charge in [0.25, 0.3) is 0 Å². The maximum atomic E-state index is 14.2. The van der Waals surface area contributed by atoms with Crippen LogP contribution in [0.1, 0.15) is 112 Å². The standard InChI is InChI=1S/C30H42N2O4S/c1-3-31-19-30(18-26(31)33)15-13-23(14-16-30)32(28(34)22-11-9-20(2)10-12-22)24-17-25(37-27(24)29(35)36)21-7-5-4-6-8-21/h7,17,20,22-23H,3-6,8-16,18-19H2,1-2H3,(H,35,36)/t20-,22-,23-,30+. The van der Waals surface area contributed by atoms with Crippen molar-refractivity contribution < 1.29 is 19.5 Å². The van der Waals surface area contributed by atoms with E-state index in [0.29, 0.717) is 22.9 Å². The molecule has 0 aromatic carbocycles. The van der Waals surface area contributed by atoms with Crippen molar-refractivity contribution in [2.24, 2.45) is 17.3 Å².